The predicted molar refractivity (Wildman–Crippen MR) is 76.2 cm³/mol. The lowest BCUT2D eigenvalue weighted by molar-refractivity contribution is 0.419. The molecule has 3 nitrogen and oxygen atoms in total. The second-order valence-electron chi connectivity index (χ2n) is 4.22. The molecule has 0 aromatic heterocycles. The van der Waals surface area contributed by atoms with Crippen LogP contribution in [0, 0.1) is 11.5 Å². The number of benzene rings is 2. The van der Waals surface area contributed by atoms with E-state index in [4.69, 9.17) is 5.26 Å². The maximum absolute atomic E-state index is 8.57. The zero-order valence-electron chi connectivity index (χ0n) is 10.6. The zero-order valence-corrected chi connectivity index (χ0v) is 10.6. The molecule has 0 radical (unpaired) electrons. The highest BCUT2D eigenvalue weighted by molar-refractivity contribution is 5.56. The van der Waals surface area contributed by atoms with Crippen LogP contribution in [0.15, 0.2) is 65.7 Å². The highest BCUT2D eigenvalue weighted by Gasteiger charge is 2.03. The molecule has 0 aliphatic rings. The topological polar surface area (TPSA) is 39.4 Å². The van der Waals surface area contributed by atoms with Gasteiger partial charge in [0.25, 0.3) is 0 Å². The summed E-state index contributed by atoms with van der Waals surface area (Å²) < 4.78 is 0. The van der Waals surface area contributed by atoms with Crippen molar-refractivity contribution in [3.05, 3.63) is 71.8 Å². The summed E-state index contributed by atoms with van der Waals surface area (Å²) in [6, 6.07) is 20.3. The van der Waals surface area contributed by atoms with Gasteiger partial charge in [0.05, 0.1) is 0 Å². The van der Waals surface area contributed by atoms with E-state index in [0.29, 0.717) is 0 Å². The van der Waals surface area contributed by atoms with Gasteiger partial charge in [-0.2, -0.15) is 10.3 Å². The molecule has 0 heterocycles. The quantitative estimate of drug-likeness (QED) is 0.464. The van der Waals surface area contributed by atoms with Crippen LogP contribution in [-0.4, -0.2) is 11.2 Å². The van der Waals surface area contributed by atoms with Crippen LogP contribution in [0.4, 0.5) is 0 Å². The largest absolute Gasteiger partial charge is 0.353 e. The number of aliphatic imine (C=N–C) groups is 1. The lowest BCUT2D eigenvalue weighted by atomic mass is 10.2. The van der Waals surface area contributed by atoms with Crippen molar-refractivity contribution in [1.29, 1.82) is 5.26 Å². The van der Waals surface area contributed by atoms with Crippen molar-refractivity contribution in [2.75, 3.05) is 0 Å². The first-order valence-electron chi connectivity index (χ1n) is 6.12. The standard InChI is InChI=1S/C16H15N3/c17-13-18-14-19(11-15-7-3-1-4-8-15)12-16-9-5-2-6-10-16/h1-10,14H,11-12H2. The van der Waals surface area contributed by atoms with Crippen LogP contribution in [0.1, 0.15) is 11.1 Å². The Morgan fingerprint density at radius 2 is 1.37 bits per heavy atom. The van der Waals surface area contributed by atoms with Gasteiger partial charge in [-0.3, -0.25) is 0 Å². The van der Waals surface area contributed by atoms with Crippen molar-refractivity contribution in [1.82, 2.24) is 4.90 Å². The molecular weight excluding hydrogens is 234 g/mol. The molecule has 2 aromatic rings. The van der Waals surface area contributed by atoms with Gasteiger partial charge in [-0.1, -0.05) is 60.7 Å². The number of hydrogen-bond donors (Lipinski definition) is 0. The highest BCUT2D eigenvalue weighted by Crippen LogP contribution is 2.08. The molecule has 94 valence electrons. The van der Waals surface area contributed by atoms with Crippen LogP contribution in [0.5, 0.6) is 0 Å². The molecule has 0 N–H and O–H groups in total. The van der Waals surface area contributed by atoms with Gasteiger partial charge < -0.3 is 4.90 Å². The second-order valence-corrected chi connectivity index (χ2v) is 4.22. The van der Waals surface area contributed by atoms with E-state index in [2.05, 4.69) is 29.3 Å². The Hall–Kier alpha value is -2.60. The minimum Gasteiger partial charge on any atom is -0.353 e. The first-order chi connectivity index (χ1) is 9.38. The van der Waals surface area contributed by atoms with E-state index in [9.17, 15) is 0 Å². The van der Waals surface area contributed by atoms with E-state index in [1.54, 1.807) is 12.5 Å². The third-order valence-electron chi connectivity index (χ3n) is 2.74. The Kier molecular flexibility index (Phi) is 4.71. The van der Waals surface area contributed by atoms with E-state index in [1.807, 2.05) is 41.3 Å². The fourth-order valence-electron chi connectivity index (χ4n) is 1.88. The summed E-state index contributed by atoms with van der Waals surface area (Å²) in [7, 11) is 0. The Morgan fingerprint density at radius 3 is 1.79 bits per heavy atom. The Balaban J connectivity index is 2.08. The molecule has 0 spiro atoms. The Labute approximate surface area is 113 Å². The maximum Gasteiger partial charge on any atom is 0.207 e. The molecule has 3 heteroatoms. The number of nitriles is 1. The number of hydrogen-bond acceptors (Lipinski definition) is 2. The molecule has 0 amide bonds. The third-order valence-corrected chi connectivity index (χ3v) is 2.74. The van der Waals surface area contributed by atoms with Crippen LogP contribution >= 0.6 is 0 Å². The zero-order chi connectivity index (χ0) is 13.3. The molecule has 0 fully saturated rings. The monoisotopic (exact) mass is 249 g/mol. The van der Waals surface area contributed by atoms with Crippen molar-refractivity contribution in [3.63, 3.8) is 0 Å². The second kappa shape index (κ2) is 6.97. The lowest BCUT2D eigenvalue weighted by Gasteiger charge is -2.19. The first-order valence-corrected chi connectivity index (χ1v) is 6.12. The molecule has 0 saturated heterocycles. The molecule has 0 bridgehead atoms. The van der Waals surface area contributed by atoms with Crippen LogP contribution in [0.25, 0.3) is 0 Å². The lowest BCUT2D eigenvalue weighted by Crippen LogP contribution is -2.20. The Bertz CT molecular complexity index is 514. The Morgan fingerprint density at radius 1 is 0.895 bits per heavy atom. The molecule has 0 atom stereocenters. The average Bonchev–Trinajstić information content (AvgIpc) is 2.47. The van der Waals surface area contributed by atoms with Crippen LogP contribution in [0.2, 0.25) is 0 Å². The summed E-state index contributed by atoms with van der Waals surface area (Å²) in [4.78, 5) is 5.69. The van der Waals surface area contributed by atoms with Crippen molar-refractivity contribution >= 4 is 6.34 Å². The fraction of sp³-hybridized carbons (Fsp3) is 0.125. The summed E-state index contributed by atoms with van der Waals surface area (Å²) in [5.41, 5.74) is 2.39. The van der Waals surface area contributed by atoms with Gasteiger partial charge in [0, 0.05) is 13.1 Å². The highest BCUT2D eigenvalue weighted by atomic mass is 15.1. The maximum atomic E-state index is 8.57. The molecule has 19 heavy (non-hydrogen) atoms. The summed E-state index contributed by atoms with van der Waals surface area (Å²) in [6.45, 7) is 1.47. The smallest absolute Gasteiger partial charge is 0.207 e. The molecule has 2 aromatic carbocycles. The van der Waals surface area contributed by atoms with E-state index in [0.717, 1.165) is 13.1 Å². The summed E-state index contributed by atoms with van der Waals surface area (Å²) in [5.74, 6) is 0. The van der Waals surface area contributed by atoms with Gasteiger partial charge in [0.15, 0.2) is 0 Å². The van der Waals surface area contributed by atoms with E-state index < -0.39 is 0 Å². The van der Waals surface area contributed by atoms with Crippen molar-refractivity contribution in [3.8, 4) is 6.19 Å². The van der Waals surface area contributed by atoms with Crippen LogP contribution in [0.3, 0.4) is 0 Å². The SMILES string of the molecule is N#CN=CN(Cc1ccccc1)Cc1ccccc1. The van der Waals surface area contributed by atoms with Gasteiger partial charge in [-0.25, -0.2) is 0 Å². The van der Waals surface area contributed by atoms with Crippen LogP contribution in [-0.2, 0) is 13.1 Å². The van der Waals surface area contributed by atoms with Gasteiger partial charge in [0.2, 0.25) is 6.19 Å². The van der Waals surface area contributed by atoms with Gasteiger partial charge in [0.1, 0.15) is 6.34 Å². The molecule has 0 aliphatic heterocycles. The van der Waals surface area contributed by atoms with Crippen molar-refractivity contribution in [2.24, 2.45) is 4.99 Å². The van der Waals surface area contributed by atoms with E-state index in [1.165, 1.54) is 11.1 Å². The van der Waals surface area contributed by atoms with Gasteiger partial charge >= 0.3 is 0 Å². The first kappa shape index (κ1) is 12.8. The summed E-state index contributed by atoms with van der Waals surface area (Å²) in [5, 5.41) is 8.57. The van der Waals surface area contributed by atoms with E-state index >= 15 is 0 Å². The molecular formula is C16H15N3. The molecule has 0 unspecified atom stereocenters. The van der Waals surface area contributed by atoms with Gasteiger partial charge in [-0.15, -0.1) is 0 Å². The van der Waals surface area contributed by atoms with E-state index in [-0.39, 0.29) is 0 Å². The average molecular weight is 249 g/mol. The molecule has 0 aliphatic carbocycles. The number of rotatable bonds is 5. The minimum atomic E-state index is 0.737. The minimum absolute atomic E-state index is 0.737. The third kappa shape index (κ3) is 4.29. The summed E-state index contributed by atoms with van der Waals surface area (Å²) in [6.07, 6.45) is 3.39. The van der Waals surface area contributed by atoms with Crippen LogP contribution < -0.4 is 0 Å². The number of nitrogens with zero attached hydrogens (tertiary/aromatic N) is 3. The predicted octanol–water partition coefficient (Wildman–Crippen LogP) is 3.20. The normalized spacial score (nSPS) is 10.3. The fourth-order valence-corrected chi connectivity index (χ4v) is 1.88. The molecule has 2 rings (SSSR count). The molecule has 0 saturated carbocycles. The van der Waals surface area contributed by atoms with Gasteiger partial charge in [-0.05, 0) is 11.1 Å². The summed E-state index contributed by atoms with van der Waals surface area (Å²) >= 11 is 0. The van der Waals surface area contributed by atoms with Crippen molar-refractivity contribution in [2.45, 2.75) is 13.1 Å². The van der Waals surface area contributed by atoms with Crippen molar-refractivity contribution < 1.29 is 0 Å².